The third-order valence-corrected chi connectivity index (χ3v) is 4.01. The topological polar surface area (TPSA) is 59.1 Å². The highest BCUT2D eigenvalue weighted by molar-refractivity contribution is 7.89. The number of benzene rings is 1. The number of nitrogens with one attached hydrogen (secondary N) is 1. The first kappa shape index (κ1) is 13.6. The lowest BCUT2D eigenvalue weighted by Crippen LogP contribution is -2.23. The van der Waals surface area contributed by atoms with Crippen molar-refractivity contribution in [1.29, 1.82) is 0 Å². The van der Waals surface area contributed by atoms with Crippen LogP contribution in [0.2, 0.25) is 0 Å². The largest absolute Gasteiger partial charge is 0.260 e. The minimum atomic E-state index is -3.65. The van der Waals surface area contributed by atoms with Gasteiger partial charge >= 0.3 is 0 Å². The van der Waals surface area contributed by atoms with Crippen LogP contribution in [0.25, 0.3) is 0 Å². The van der Waals surface area contributed by atoms with Crippen molar-refractivity contribution < 1.29 is 12.8 Å². The summed E-state index contributed by atoms with van der Waals surface area (Å²) in [6.07, 6.45) is 1.59. The van der Waals surface area contributed by atoms with Gasteiger partial charge in [0.05, 0.1) is 17.1 Å². The molecule has 2 aromatic rings. The molecule has 1 aromatic carbocycles. The number of nitrogens with zero attached hydrogens (tertiary/aromatic N) is 1. The minimum absolute atomic E-state index is 0.0438. The second-order valence-corrected chi connectivity index (χ2v) is 5.82. The van der Waals surface area contributed by atoms with Gasteiger partial charge in [-0.2, -0.15) is 0 Å². The van der Waals surface area contributed by atoms with Gasteiger partial charge in [0.15, 0.2) is 0 Å². The Labute approximate surface area is 111 Å². The van der Waals surface area contributed by atoms with Crippen LogP contribution in [0.15, 0.2) is 47.5 Å². The van der Waals surface area contributed by atoms with E-state index in [1.165, 1.54) is 19.1 Å². The Kier molecular flexibility index (Phi) is 3.92. The molecular weight excluding hydrogens is 267 g/mol. The number of aromatic nitrogens is 1. The lowest BCUT2D eigenvalue weighted by Gasteiger charge is -2.07. The lowest BCUT2D eigenvalue weighted by molar-refractivity contribution is 0.579. The van der Waals surface area contributed by atoms with Crippen molar-refractivity contribution in [3.63, 3.8) is 0 Å². The zero-order chi connectivity index (χ0) is 13.9. The maximum Gasteiger partial charge on any atom is 0.240 e. The van der Waals surface area contributed by atoms with Gasteiger partial charge in [0.2, 0.25) is 10.0 Å². The van der Waals surface area contributed by atoms with Gasteiger partial charge in [-0.3, -0.25) is 4.98 Å². The van der Waals surface area contributed by atoms with Gasteiger partial charge in [-0.1, -0.05) is 6.07 Å². The van der Waals surface area contributed by atoms with Gasteiger partial charge in [-0.05, 0) is 42.8 Å². The molecule has 4 nitrogen and oxygen atoms in total. The van der Waals surface area contributed by atoms with E-state index in [9.17, 15) is 12.8 Å². The van der Waals surface area contributed by atoms with Crippen LogP contribution in [0.5, 0.6) is 0 Å². The van der Waals surface area contributed by atoms with E-state index in [-0.39, 0.29) is 11.4 Å². The Morgan fingerprint density at radius 1 is 1.26 bits per heavy atom. The molecular formula is C13H13FN2O2S. The van der Waals surface area contributed by atoms with Crippen LogP contribution in [-0.2, 0) is 16.6 Å². The van der Waals surface area contributed by atoms with Gasteiger partial charge in [-0.15, -0.1) is 0 Å². The molecule has 0 aliphatic rings. The summed E-state index contributed by atoms with van der Waals surface area (Å²) < 4.78 is 39.6. The van der Waals surface area contributed by atoms with Crippen molar-refractivity contribution >= 4 is 10.0 Å². The molecule has 0 saturated heterocycles. The third kappa shape index (κ3) is 3.36. The van der Waals surface area contributed by atoms with E-state index in [0.29, 0.717) is 11.3 Å². The van der Waals surface area contributed by atoms with Crippen LogP contribution < -0.4 is 4.72 Å². The molecule has 0 aliphatic heterocycles. The first-order valence-corrected chi connectivity index (χ1v) is 7.13. The van der Waals surface area contributed by atoms with E-state index < -0.39 is 15.8 Å². The summed E-state index contributed by atoms with van der Waals surface area (Å²) >= 11 is 0. The van der Waals surface area contributed by atoms with Crippen LogP contribution in [0.1, 0.15) is 11.3 Å². The highest BCUT2D eigenvalue weighted by Gasteiger charge is 2.15. The van der Waals surface area contributed by atoms with Crippen LogP contribution in [0, 0.1) is 12.7 Å². The number of sulfonamides is 1. The molecule has 100 valence electrons. The summed E-state index contributed by atoms with van der Waals surface area (Å²) in [4.78, 5) is 4.06. The molecule has 0 saturated carbocycles. The molecule has 1 aromatic heterocycles. The summed E-state index contributed by atoms with van der Waals surface area (Å²) in [6.45, 7) is 1.62. The number of aryl methyl sites for hydroxylation is 1. The summed E-state index contributed by atoms with van der Waals surface area (Å²) in [5, 5.41) is 0. The van der Waals surface area contributed by atoms with E-state index >= 15 is 0 Å². The smallest absolute Gasteiger partial charge is 0.240 e. The fraction of sp³-hybridized carbons (Fsp3) is 0.154. The number of hydrogen-bond donors (Lipinski definition) is 1. The average Bonchev–Trinajstić information content (AvgIpc) is 2.41. The molecule has 0 fully saturated rings. The number of halogens is 1. The van der Waals surface area contributed by atoms with Gasteiger partial charge in [-0.25, -0.2) is 17.5 Å². The summed E-state index contributed by atoms with van der Waals surface area (Å²) in [6, 6.07) is 8.93. The molecule has 0 bridgehead atoms. The zero-order valence-electron chi connectivity index (χ0n) is 10.3. The molecule has 6 heteroatoms. The van der Waals surface area contributed by atoms with Crippen molar-refractivity contribution in [2.75, 3.05) is 0 Å². The Morgan fingerprint density at radius 2 is 2.05 bits per heavy atom. The predicted molar refractivity (Wildman–Crippen MR) is 69.4 cm³/mol. The highest BCUT2D eigenvalue weighted by atomic mass is 32.2. The van der Waals surface area contributed by atoms with Crippen LogP contribution >= 0.6 is 0 Å². The highest BCUT2D eigenvalue weighted by Crippen LogP contribution is 2.14. The summed E-state index contributed by atoms with van der Waals surface area (Å²) in [7, 11) is -3.65. The van der Waals surface area contributed by atoms with Crippen molar-refractivity contribution in [2.24, 2.45) is 0 Å². The first-order valence-electron chi connectivity index (χ1n) is 5.65. The number of pyridine rings is 1. The van der Waals surface area contributed by atoms with Crippen molar-refractivity contribution in [3.8, 4) is 0 Å². The molecule has 0 spiro atoms. The van der Waals surface area contributed by atoms with Gasteiger partial charge in [0, 0.05) is 6.20 Å². The maximum absolute atomic E-state index is 13.1. The molecule has 19 heavy (non-hydrogen) atoms. The quantitative estimate of drug-likeness (QED) is 0.932. The second-order valence-electron chi connectivity index (χ2n) is 4.06. The maximum atomic E-state index is 13.1. The third-order valence-electron chi connectivity index (χ3n) is 2.61. The normalized spacial score (nSPS) is 11.5. The van der Waals surface area contributed by atoms with E-state index in [1.807, 2.05) is 0 Å². The first-order chi connectivity index (χ1) is 8.99. The lowest BCUT2D eigenvalue weighted by atomic mass is 10.2. The van der Waals surface area contributed by atoms with Crippen molar-refractivity contribution in [3.05, 3.63) is 59.7 Å². The molecule has 0 radical (unpaired) electrons. The fourth-order valence-electron chi connectivity index (χ4n) is 1.54. The Bertz CT molecular complexity index is 672. The minimum Gasteiger partial charge on any atom is -0.260 e. The van der Waals surface area contributed by atoms with Crippen LogP contribution in [-0.4, -0.2) is 13.4 Å². The van der Waals surface area contributed by atoms with E-state index in [2.05, 4.69) is 9.71 Å². The monoisotopic (exact) mass is 280 g/mol. The fourth-order valence-corrected chi connectivity index (χ4v) is 2.62. The molecule has 1 N–H and O–H groups in total. The Hall–Kier alpha value is -1.79. The van der Waals surface area contributed by atoms with E-state index in [0.717, 1.165) is 6.07 Å². The summed E-state index contributed by atoms with van der Waals surface area (Å²) in [5.41, 5.74) is 0.908. The zero-order valence-corrected chi connectivity index (χ0v) is 11.1. The molecule has 0 unspecified atom stereocenters. The molecule has 1 heterocycles. The Balaban J connectivity index is 2.16. The van der Waals surface area contributed by atoms with E-state index in [1.54, 1.807) is 24.4 Å². The predicted octanol–water partition coefficient (Wildman–Crippen LogP) is 2.01. The SMILES string of the molecule is Cc1cc(S(=O)(=O)NCc2ccccn2)ccc1F. The van der Waals surface area contributed by atoms with Gasteiger partial charge in [0.1, 0.15) is 5.82 Å². The average molecular weight is 280 g/mol. The van der Waals surface area contributed by atoms with Gasteiger partial charge in [0.25, 0.3) is 0 Å². The molecule has 2 rings (SSSR count). The van der Waals surface area contributed by atoms with Gasteiger partial charge < -0.3 is 0 Å². The number of rotatable bonds is 4. The standard InChI is InChI=1S/C13H13FN2O2S/c1-10-8-12(5-6-13(10)14)19(17,18)16-9-11-4-2-3-7-15-11/h2-8,16H,9H2,1H3. The molecule has 0 amide bonds. The van der Waals surface area contributed by atoms with E-state index in [4.69, 9.17) is 0 Å². The van der Waals surface area contributed by atoms with Crippen molar-refractivity contribution in [2.45, 2.75) is 18.4 Å². The van der Waals surface area contributed by atoms with Crippen LogP contribution in [0.4, 0.5) is 4.39 Å². The summed E-state index contributed by atoms with van der Waals surface area (Å²) in [5.74, 6) is -0.427. The number of hydrogen-bond acceptors (Lipinski definition) is 3. The molecule has 0 aliphatic carbocycles. The molecule has 0 atom stereocenters. The van der Waals surface area contributed by atoms with Crippen molar-refractivity contribution in [1.82, 2.24) is 9.71 Å². The van der Waals surface area contributed by atoms with Crippen LogP contribution in [0.3, 0.4) is 0 Å². The Morgan fingerprint density at radius 3 is 2.68 bits per heavy atom. The second kappa shape index (κ2) is 5.46.